The van der Waals surface area contributed by atoms with Crippen LogP contribution < -0.4 is 0 Å². The zero-order chi connectivity index (χ0) is 13.1. The number of rotatable bonds is 3. The van der Waals surface area contributed by atoms with Gasteiger partial charge in [-0.25, -0.2) is 14.1 Å². The van der Waals surface area contributed by atoms with E-state index in [1.54, 1.807) is 10.7 Å². The summed E-state index contributed by atoms with van der Waals surface area (Å²) in [6.45, 7) is 3.93. The summed E-state index contributed by atoms with van der Waals surface area (Å²) in [5.74, 6) is 1.04. The summed E-state index contributed by atoms with van der Waals surface area (Å²) in [5, 5.41) is 13.2. The maximum absolute atomic E-state index is 13.4. The number of aromatic nitrogens is 3. The Kier molecular flexibility index (Phi) is 3.38. The van der Waals surface area contributed by atoms with Crippen LogP contribution in [-0.2, 0) is 12.8 Å². The van der Waals surface area contributed by atoms with Gasteiger partial charge in [-0.1, -0.05) is 13.8 Å². The van der Waals surface area contributed by atoms with Crippen molar-refractivity contribution in [1.29, 1.82) is 5.26 Å². The van der Waals surface area contributed by atoms with Crippen molar-refractivity contribution in [3.8, 4) is 11.8 Å². The van der Waals surface area contributed by atoms with E-state index in [-0.39, 0.29) is 5.56 Å². The molecule has 1 heterocycles. The molecule has 2 aromatic rings. The molecule has 0 saturated heterocycles. The van der Waals surface area contributed by atoms with Crippen molar-refractivity contribution in [2.75, 3.05) is 0 Å². The third-order valence-electron chi connectivity index (χ3n) is 2.61. The fraction of sp³-hybridized carbons (Fsp3) is 0.308. The van der Waals surface area contributed by atoms with Crippen LogP contribution in [0.25, 0.3) is 5.69 Å². The molecular weight excluding hydrogens is 231 g/mol. The Morgan fingerprint density at radius 2 is 2.06 bits per heavy atom. The number of hydrogen-bond acceptors (Lipinski definition) is 3. The van der Waals surface area contributed by atoms with Gasteiger partial charge in [-0.2, -0.15) is 10.4 Å². The molecule has 0 spiro atoms. The average molecular weight is 244 g/mol. The lowest BCUT2D eigenvalue weighted by atomic mass is 10.2. The van der Waals surface area contributed by atoms with E-state index >= 15 is 0 Å². The van der Waals surface area contributed by atoms with Crippen LogP contribution in [-0.4, -0.2) is 14.8 Å². The molecule has 4 nitrogen and oxygen atoms in total. The van der Waals surface area contributed by atoms with Crippen LogP contribution in [0.3, 0.4) is 0 Å². The Hall–Kier alpha value is -2.22. The van der Waals surface area contributed by atoms with E-state index in [0.717, 1.165) is 18.1 Å². The molecule has 0 amide bonds. The van der Waals surface area contributed by atoms with Gasteiger partial charge in [0, 0.05) is 12.8 Å². The largest absolute Gasteiger partial charge is 0.217 e. The van der Waals surface area contributed by atoms with Crippen molar-refractivity contribution in [2.24, 2.45) is 0 Å². The van der Waals surface area contributed by atoms with Gasteiger partial charge in [-0.3, -0.25) is 0 Å². The van der Waals surface area contributed by atoms with Gasteiger partial charge >= 0.3 is 0 Å². The minimum Gasteiger partial charge on any atom is -0.217 e. The lowest BCUT2D eigenvalue weighted by Gasteiger charge is -2.04. The van der Waals surface area contributed by atoms with E-state index < -0.39 is 5.82 Å². The lowest BCUT2D eigenvalue weighted by molar-refractivity contribution is 0.624. The van der Waals surface area contributed by atoms with Crippen LogP contribution >= 0.6 is 0 Å². The predicted molar refractivity (Wildman–Crippen MR) is 64.8 cm³/mol. The maximum Gasteiger partial charge on any atom is 0.151 e. The summed E-state index contributed by atoms with van der Waals surface area (Å²) in [4.78, 5) is 4.36. The van der Waals surface area contributed by atoms with Gasteiger partial charge in [0.15, 0.2) is 5.82 Å². The third-order valence-corrected chi connectivity index (χ3v) is 2.61. The van der Waals surface area contributed by atoms with E-state index in [9.17, 15) is 4.39 Å². The highest BCUT2D eigenvalue weighted by molar-refractivity contribution is 5.42. The van der Waals surface area contributed by atoms with Gasteiger partial charge in [-0.05, 0) is 18.2 Å². The number of hydrogen-bond donors (Lipinski definition) is 0. The molecule has 1 aromatic heterocycles. The molecule has 0 atom stereocenters. The summed E-state index contributed by atoms with van der Waals surface area (Å²) in [5.41, 5.74) is 0.816. The molecule has 0 radical (unpaired) electrons. The summed E-state index contributed by atoms with van der Waals surface area (Å²) < 4.78 is 15.0. The van der Waals surface area contributed by atoms with Gasteiger partial charge in [0.25, 0.3) is 0 Å². The van der Waals surface area contributed by atoms with Gasteiger partial charge in [-0.15, -0.1) is 0 Å². The van der Waals surface area contributed by atoms with Gasteiger partial charge in [0.05, 0.1) is 17.3 Å². The Balaban J connectivity index is 2.57. The van der Waals surface area contributed by atoms with Crippen molar-refractivity contribution in [3.63, 3.8) is 0 Å². The SMILES string of the molecule is CCc1nc(CC)n(-c2cc(F)cc(C#N)c2)n1. The fourth-order valence-electron chi connectivity index (χ4n) is 1.74. The second-order valence-electron chi connectivity index (χ2n) is 3.87. The molecule has 18 heavy (non-hydrogen) atoms. The molecule has 0 bridgehead atoms. The van der Waals surface area contributed by atoms with E-state index in [2.05, 4.69) is 10.1 Å². The maximum atomic E-state index is 13.4. The van der Waals surface area contributed by atoms with E-state index in [4.69, 9.17) is 5.26 Å². The van der Waals surface area contributed by atoms with Crippen LogP contribution in [0.15, 0.2) is 18.2 Å². The molecular formula is C13H13FN4. The van der Waals surface area contributed by atoms with Crippen LogP contribution in [0.5, 0.6) is 0 Å². The first-order valence-corrected chi connectivity index (χ1v) is 5.83. The van der Waals surface area contributed by atoms with E-state index in [0.29, 0.717) is 12.1 Å². The smallest absolute Gasteiger partial charge is 0.151 e. The Morgan fingerprint density at radius 1 is 1.28 bits per heavy atom. The highest BCUT2D eigenvalue weighted by Crippen LogP contribution is 2.15. The van der Waals surface area contributed by atoms with Gasteiger partial charge in [0.2, 0.25) is 0 Å². The molecule has 0 N–H and O–H groups in total. The predicted octanol–water partition coefficient (Wildman–Crippen LogP) is 2.40. The topological polar surface area (TPSA) is 54.5 Å². The zero-order valence-corrected chi connectivity index (χ0v) is 10.3. The fourth-order valence-corrected chi connectivity index (χ4v) is 1.74. The molecule has 0 aliphatic rings. The lowest BCUT2D eigenvalue weighted by Crippen LogP contribution is -2.03. The van der Waals surface area contributed by atoms with Crippen molar-refractivity contribution in [2.45, 2.75) is 26.7 Å². The van der Waals surface area contributed by atoms with E-state index in [1.807, 2.05) is 19.9 Å². The van der Waals surface area contributed by atoms with Crippen LogP contribution in [0.4, 0.5) is 4.39 Å². The van der Waals surface area contributed by atoms with Crippen molar-refractivity contribution in [1.82, 2.24) is 14.8 Å². The summed E-state index contributed by atoms with van der Waals surface area (Å²) in [6, 6.07) is 6.10. The first-order valence-electron chi connectivity index (χ1n) is 5.83. The highest BCUT2D eigenvalue weighted by atomic mass is 19.1. The number of benzene rings is 1. The first kappa shape index (κ1) is 12.2. The molecule has 5 heteroatoms. The Bertz CT molecular complexity index is 610. The second-order valence-corrected chi connectivity index (χ2v) is 3.87. The van der Waals surface area contributed by atoms with Gasteiger partial charge in [0.1, 0.15) is 11.6 Å². The molecule has 0 aliphatic carbocycles. The van der Waals surface area contributed by atoms with Crippen molar-refractivity contribution >= 4 is 0 Å². The number of nitriles is 1. The summed E-state index contributed by atoms with van der Waals surface area (Å²) in [7, 11) is 0. The molecule has 0 aliphatic heterocycles. The van der Waals surface area contributed by atoms with Crippen molar-refractivity contribution in [3.05, 3.63) is 41.2 Å². The van der Waals surface area contributed by atoms with E-state index in [1.165, 1.54) is 12.1 Å². The molecule has 0 unspecified atom stereocenters. The average Bonchev–Trinajstić information content (AvgIpc) is 2.81. The molecule has 1 aromatic carbocycles. The van der Waals surface area contributed by atoms with Crippen molar-refractivity contribution < 1.29 is 4.39 Å². The Labute approximate surface area is 105 Å². The Morgan fingerprint density at radius 3 is 2.67 bits per heavy atom. The molecule has 2 rings (SSSR count). The standard InChI is InChI=1S/C13H13FN4/c1-3-12-16-13(4-2)18(17-12)11-6-9(8-15)5-10(14)7-11/h5-7H,3-4H2,1-2H3. The summed E-state index contributed by atoms with van der Waals surface area (Å²) >= 11 is 0. The van der Waals surface area contributed by atoms with Crippen LogP contribution in [0.2, 0.25) is 0 Å². The zero-order valence-electron chi connectivity index (χ0n) is 10.3. The van der Waals surface area contributed by atoms with Crippen LogP contribution in [0, 0.1) is 17.1 Å². The van der Waals surface area contributed by atoms with Crippen LogP contribution in [0.1, 0.15) is 31.1 Å². The molecule has 0 fully saturated rings. The van der Waals surface area contributed by atoms with Gasteiger partial charge < -0.3 is 0 Å². The minimum atomic E-state index is -0.445. The second kappa shape index (κ2) is 4.96. The minimum absolute atomic E-state index is 0.278. The molecule has 0 saturated carbocycles. The quantitative estimate of drug-likeness (QED) is 0.833. The number of aryl methyl sites for hydroxylation is 2. The normalized spacial score (nSPS) is 10.3. The summed E-state index contributed by atoms with van der Waals surface area (Å²) in [6.07, 6.45) is 1.42. The number of nitrogens with zero attached hydrogens (tertiary/aromatic N) is 4. The highest BCUT2D eigenvalue weighted by Gasteiger charge is 2.10. The number of halogens is 1. The molecule has 92 valence electrons. The first-order chi connectivity index (χ1) is 8.67. The third kappa shape index (κ3) is 2.23. The monoisotopic (exact) mass is 244 g/mol.